The average Bonchev–Trinajstić information content (AvgIpc) is 2.93. The first kappa shape index (κ1) is 12.4. The van der Waals surface area contributed by atoms with Gasteiger partial charge in [0.1, 0.15) is 10.9 Å². The van der Waals surface area contributed by atoms with E-state index in [4.69, 9.17) is 0 Å². The molecule has 3 aromatic rings. The molecule has 0 spiro atoms. The molecule has 0 amide bonds. The molecule has 0 saturated heterocycles. The van der Waals surface area contributed by atoms with Crippen LogP contribution >= 0.6 is 23.1 Å². The second kappa shape index (κ2) is 5.99. The second-order valence-electron chi connectivity index (χ2n) is 4.01. The standard InChI is InChI=1S/C15H12N2S2/c1-2-5-12(6-3-1)11-13-16-9-8-14(17-13)19-15-7-4-10-18-15/h1-10H,11H2. The highest BCUT2D eigenvalue weighted by Crippen LogP contribution is 2.29. The van der Waals surface area contributed by atoms with Gasteiger partial charge in [0.15, 0.2) is 0 Å². The fourth-order valence-electron chi connectivity index (χ4n) is 1.73. The third-order valence-electron chi connectivity index (χ3n) is 2.59. The molecule has 2 nitrogen and oxygen atoms in total. The van der Waals surface area contributed by atoms with E-state index in [-0.39, 0.29) is 0 Å². The van der Waals surface area contributed by atoms with Crippen LogP contribution in [0, 0.1) is 0 Å². The van der Waals surface area contributed by atoms with Gasteiger partial charge in [-0.1, -0.05) is 48.2 Å². The Bertz CT molecular complexity index is 636. The lowest BCUT2D eigenvalue weighted by atomic mass is 10.1. The Labute approximate surface area is 120 Å². The summed E-state index contributed by atoms with van der Waals surface area (Å²) in [6.45, 7) is 0. The quantitative estimate of drug-likeness (QED) is 0.669. The lowest BCUT2D eigenvalue weighted by Crippen LogP contribution is -1.96. The summed E-state index contributed by atoms with van der Waals surface area (Å²) in [6.07, 6.45) is 2.61. The van der Waals surface area contributed by atoms with E-state index >= 15 is 0 Å². The molecule has 4 heteroatoms. The summed E-state index contributed by atoms with van der Waals surface area (Å²) in [7, 11) is 0. The molecular weight excluding hydrogens is 272 g/mol. The monoisotopic (exact) mass is 284 g/mol. The van der Waals surface area contributed by atoms with E-state index in [2.05, 4.69) is 39.6 Å². The van der Waals surface area contributed by atoms with Crippen molar-refractivity contribution in [2.45, 2.75) is 15.7 Å². The number of rotatable bonds is 4. The molecule has 0 aliphatic rings. The maximum absolute atomic E-state index is 4.60. The Balaban J connectivity index is 1.76. The van der Waals surface area contributed by atoms with Crippen molar-refractivity contribution in [3.63, 3.8) is 0 Å². The topological polar surface area (TPSA) is 25.8 Å². The molecule has 0 N–H and O–H groups in total. The molecule has 2 heterocycles. The fraction of sp³-hybridized carbons (Fsp3) is 0.0667. The van der Waals surface area contributed by atoms with Crippen molar-refractivity contribution in [3.05, 3.63) is 71.5 Å². The molecule has 0 fully saturated rings. The number of nitrogens with zero attached hydrogens (tertiary/aromatic N) is 2. The van der Waals surface area contributed by atoms with Crippen molar-refractivity contribution >= 4 is 23.1 Å². The van der Waals surface area contributed by atoms with Gasteiger partial charge in [-0.25, -0.2) is 9.97 Å². The van der Waals surface area contributed by atoms with Gasteiger partial charge in [-0.05, 0) is 23.1 Å². The zero-order valence-electron chi connectivity index (χ0n) is 10.2. The van der Waals surface area contributed by atoms with Crippen molar-refractivity contribution in [1.82, 2.24) is 9.97 Å². The highest BCUT2D eigenvalue weighted by molar-refractivity contribution is 8.01. The van der Waals surface area contributed by atoms with Gasteiger partial charge >= 0.3 is 0 Å². The van der Waals surface area contributed by atoms with Crippen LogP contribution in [-0.2, 0) is 6.42 Å². The molecule has 0 aliphatic heterocycles. The molecule has 1 aromatic carbocycles. The van der Waals surface area contributed by atoms with E-state index in [9.17, 15) is 0 Å². The van der Waals surface area contributed by atoms with Crippen LogP contribution in [0.1, 0.15) is 11.4 Å². The lowest BCUT2D eigenvalue weighted by Gasteiger charge is -2.02. The summed E-state index contributed by atoms with van der Waals surface area (Å²) < 4.78 is 1.25. The Morgan fingerprint density at radius 2 is 1.89 bits per heavy atom. The van der Waals surface area contributed by atoms with Gasteiger partial charge in [-0.2, -0.15) is 0 Å². The van der Waals surface area contributed by atoms with Crippen molar-refractivity contribution in [3.8, 4) is 0 Å². The number of benzene rings is 1. The number of hydrogen-bond donors (Lipinski definition) is 0. The summed E-state index contributed by atoms with van der Waals surface area (Å²) in [5.74, 6) is 0.868. The third kappa shape index (κ3) is 3.43. The van der Waals surface area contributed by atoms with E-state index in [0.717, 1.165) is 17.3 Å². The van der Waals surface area contributed by atoms with Gasteiger partial charge in [0.2, 0.25) is 0 Å². The van der Waals surface area contributed by atoms with Gasteiger partial charge in [-0.15, -0.1) is 11.3 Å². The maximum atomic E-state index is 4.60. The first-order valence-corrected chi connectivity index (χ1v) is 7.67. The van der Waals surface area contributed by atoms with Crippen LogP contribution in [-0.4, -0.2) is 9.97 Å². The van der Waals surface area contributed by atoms with Crippen molar-refractivity contribution in [1.29, 1.82) is 0 Å². The molecule has 2 aromatic heterocycles. The van der Waals surface area contributed by atoms with Crippen LogP contribution in [0.2, 0.25) is 0 Å². The first-order valence-electron chi connectivity index (χ1n) is 5.97. The Morgan fingerprint density at radius 1 is 1.00 bits per heavy atom. The van der Waals surface area contributed by atoms with Crippen LogP contribution in [0.3, 0.4) is 0 Å². The van der Waals surface area contributed by atoms with Gasteiger partial charge < -0.3 is 0 Å². The van der Waals surface area contributed by atoms with Crippen LogP contribution in [0.5, 0.6) is 0 Å². The van der Waals surface area contributed by atoms with Crippen LogP contribution < -0.4 is 0 Å². The molecule has 0 bridgehead atoms. The zero-order valence-corrected chi connectivity index (χ0v) is 11.8. The van der Waals surface area contributed by atoms with Gasteiger partial charge in [0, 0.05) is 12.6 Å². The molecule has 3 rings (SSSR count). The van der Waals surface area contributed by atoms with Crippen molar-refractivity contribution in [2.75, 3.05) is 0 Å². The Hall–Kier alpha value is -1.65. The molecule has 94 valence electrons. The van der Waals surface area contributed by atoms with E-state index < -0.39 is 0 Å². The average molecular weight is 284 g/mol. The highest BCUT2D eigenvalue weighted by atomic mass is 32.2. The predicted octanol–water partition coefficient (Wildman–Crippen LogP) is 4.28. The van der Waals surface area contributed by atoms with Crippen LogP contribution in [0.4, 0.5) is 0 Å². The van der Waals surface area contributed by atoms with Crippen molar-refractivity contribution < 1.29 is 0 Å². The normalized spacial score (nSPS) is 10.5. The number of thiophene rings is 1. The molecule has 0 unspecified atom stereocenters. The number of hydrogen-bond acceptors (Lipinski definition) is 4. The van der Waals surface area contributed by atoms with Gasteiger partial charge in [0.25, 0.3) is 0 Å². The number of aromatic nitrogens is 2. The largest absolute Gasteiger partial charge is 0.241 e. The second-order valence-corrected chi connectivity index (χ2v) is 6.28. The zero-order chi connectivity index (χ0) is 12.9. The first-order chi connectivity index (χ1) is 9.40. The smallest absolute Gasteiger partial charge is 0.133 e. The summed E-state index contributed by atoms with van der Waals surface area (Å²) >= 11 is 3.42. The summed E-state index contributed by atoms with van der Waals surface area (Å²) in [5, 5.41) is 3.08. The molecular formula is C15H12N2S2. The maximum Gasteiger partial charge on any atom is 0.133 e. The minimum Gasteiger partial charge on any atom is -0.241 e. The minimum absolute atomic E-state index is 0.777. The molecule has 0 aliphatic carbocycles. The third-order valence-corrected chi connectivity index (χ3v) is 4.56. The van der Waals surface area contributed by atoms with Gasteiger partial charge in [0.05, 0.1) is 4.21 Å². The minimum atomic E-state index is 0.777. The van der Waals surface area contributed by atoms with E-state index in [0.29, 0.717) is 0 Å². The van der Waals surface area contributed by atoms with Crippen LogP contribution in [0.25, 0.3) is 0 Å². The predicted molar refractivity (Wildman–Crippen MR) is 79.7 cm³/mol. The lowest BCUT2D eigenvalue weighted by molar-refractivity contribution is 0.910. The van der Waals surface area contributed by atoms with E-state index in [1.54, 1.807) is 23.1 Å². The highest BCUT2D eigenvalue weighted by Gasteiger charge is 2.03. The summed E-state index contributed by atoms with van der Waals surface area (Å²) in [5.41, 5.74) is 1.24. The SMILES string of the molecule is c1ccc(Cc2nccc(Sc3cccs3)n2)cc1. The molecule has 0 radical (unpaired) electrons. The summed E-state index contributed by atoms with van der Waals surface area (Å²) in [6, 6.07) is 16.4. The van der Waals surface area contributed by atoms with Crippen LogP contribution in [0.15, 0.2) is 69.3 Å². The van der Waals surface area contributed by atoms with Gasteiger partial charge in [-0.3, -0.25) is 0 Å². The van der Waals surface area contributed by atoms with E-state index in [1.165, 1.54) is 9.77 Å². The molecule has 0 saturated carbocycles. The molecule has 0 atom stereocenters. The summed E-state index contributed by atoms with van der Waals surface area (Å²) in [4.78, 5) is 8.94. The fourth-order valence-corrected chi connectivity index (χ4v) is 3.42. The van der Waals surface area contributed by atoms with Crippen molar-refractivity contribution in [2.24, 2.45) is 0 Å². The molecule has 19 heavy (non-hydrogen) atoms. The Kier molecular flexibility index (Phi) is 3.91. The Morgan fingerprint density at radius 3 is 2.68 bits per heavy atom. The van der Waals surface area contributed by atoms with E-state index in [1.807, 2.05) is 30.5 Å².